The number of carbonyl (C=O) groups is 1. The molecule has 0 fully saturated rings. The molecular weight excluding hydrogens is 491 g/mol. The van der Waals surface area contributed by atoms with E-state index in [-0.39, 0.29) is 6.07 Å². The fourth-order valence-electron chi connectivity index (χ4n) is 2.37. The van der Waals surface area contributed by atoms with E-state index in [4.69, 9.17) is 23.2 Å². The highest BCUT2D eigenvalue weighted by atomic mass is 35.5. The number of nitrogens with one attached hydrogen (secondary N) is 1. The van der Waals surface area contributed by atoms with Crippen molar-refractivity contribution in [3.05, 3.63) is 67.4 Å². The molecule has 0 aromatic heterocycles. The van der Waals surface area contributed by atoms with E-state index in [9.17, 15) is 50.0 Å². The molecule has 0 radical (unpaired) electrons. The number of amides is 1. The van der Waals surface area contributed by atoms with Crippen LogP contribution in [-0.2, 0) is 5.67 Å². The second kappa shape index (κ2) is 8.11. The van der Waals surface area contributed by atoms with E-state index in [2.05, 4.69) is 0 Å². The Morgan fingerprint density at radius 1 is 1.00 bits per heavy atom. The van der Waals surface area contributed by atoms with Gasteiger partial charge in [0.15, 0.2) is 5.82 Å². The van der Waals surface area contributed by atoms with E-state index < -0.39 is 67.2 Å². The van der Waals surface area contributed by atoms with Gasteiger partial charge in [-0.15, -0.1) is 0 Å². The van der Waals surface area contributed by atoms with Crippen LogP contribution in [0, 0.1) is 15.9 Å². The average molecular weight is 497 g/mol. The maximum atomic E-state index is 14.3. The van der Waals surface area contributed by atoms with Crippen LogP contribution >= 0.6 is 23.2 Å². The molecule has 15 heteroatoms. The second-order valence-electron chi connectivity index (χ2n) is 5.82. The van der Waals surface area contributed by atoms with Gasteiger partial charge >= 0.3 is 18.0 Å². The van der Waals surface area contributed by atoms with Gasteiger partial charge in [-0.05, 0) is 12.1 Å². The molecule has 0 saturated carbocycles. The number of nitro groups is 1. The Labute approximate surface area is 176 Å². The van der Waals surface area contributed by atoms with E-state index in [1.165, 1.54) is 0 Å². The standard InChI is InChI=1S/C16H6Cl2F8N2O3/c17-9-5-8(14(20,15(21,22)23)16(24,25)26)11(19)10(18)12(9)27-13(29)6-2-1-3-7(4-6)28(30)31/h1-5H,(H,27,29). The summed E-state index contributed by atoms with van der Waals surface area (Å²) in [6, 6.07) is 3.60. The van der Waals surface area contributed by atoms with Crippen LogP contribution in [0.3, 0.4) is 0 Å². The van der Waals surface area contributed by atoms with Gasteiger partial charge in [-0.1, -0.05) is 29.3 Å². The minimum Gasteiger partial charge on any atom is -0.319 e. The quantitative estimate of drug-likeness (QED) is 0.225. The molecule has 0 aliphatic carbocycles. The third-order valence-corrected chi connectivity index (χ3v) is 4.52. The van der Waals surface area contributed by atoms with Gasteiger partial charge in [0, 0.05) is 23.3 Å². The molecule has 0 heterocycles. The molecule has 0 unspecified atom stereocenters. The van der Waals surface area contributed by atoms with E-state index in [1.54, 1.807) is 0 Å². The van der Waals surface area contributed by atoms with Gasteiger partial charge in [0.2, 0.25) is 0 Å². The molecule has 2 rings (SSSR count). The molecule has 31 heavy (non-hydrogen) atoms. The third kappa shape index (κ3) is 4.37. The first kappa shape index (κ1) is 24.6. The van der Waals surface area contributed by atoms with Crippen molar-refractivity contribution in [3.63, 3.8) is 0 Å². The number of nitrogens with zero attached hydrogens (tertiary/aromatic N) is 1. The molecule has 1 amide bonds. The van der Waals surface area contributed by atoms with Crippen LogP contribution in [0.4, 0.5) is 46.5 Å². The van der Waals surface area contributed by atoms with Gasteiger partial charge < -0.3 is 5.32 Å². The van der Waals surface area contributed by atoms with Crippen LogP contribution in [0.5, 0.6) is 0 Å². The maximum Gasteiger partial charge on any atom is 0.436 e. The van der Waals surface area contributed by atoms with Crippen LogP contribution in [0.2, 0.25) is 10.0 Å². The van der Waals surface area contributed by atoms with E-state index in [0.29, 0.717) is 0 Å². The number of non-ortho nitro benzene ring substituents is 1. The Hall–Kier alpha value is -2.67. The van der Waals surface area contributed by atoms with Crippen molar-refractivity contribution in [1.29, 1.82) is 0 Å². The minimum atomic E-state index is -6.63. The number of alkyl halides is 7. The van der Waals surface area contributed by atoms with Crippen LogP contribution < -0.4 is 5.32 Å². The Kier molecular flexibility index (Phi) is 6.44. The number of benzene rings is 2. The number of hydrogen-bond acceptors (Lipinski definition) is 3. The van der Waals surface area contributed by atoms with Crippen LogP contribution in [0.25, 0.3) is 0 Å². The lowest BCUT2D eigenvalue weighted by Crippen LogP contribution is -2.51. The monoisotopic (exact) mass is 496 g/mol. The highest BCUT2D eigenvalue weighted by molar-refractivity contribution is 6.40. The number of halogens is 10. The molecule has 168 valence electrons. The Bertz CT molecular complexity index is 1040. The Balaban J connectivity index is 2.57. The predicted octanol–water partition coefficient (Wildman–Crippen LogP) is 6.58. The normalized spacial score (nSPS) is 12.6. The third-order valence-electron chi connectivity index (χ3n) is 3.87. The van der Waals surface area contributed by atoms with E-state index >= 15 is 0 Å². The topological polar surface area (TPSA) is 72.2 Å². The summed E-state index contributed by atoms with van der Waals surface area (Å²) in [7, 11) is 0. The van der Waals surface area contributed by atoms with Gasteiger partial charge in [-0.3, -0.25) is 14.9 Å². The first-order valence-corrected chi connectivity index (χ1v) is 8.34. The lowest BCUT2D eigenvalue weighted by Gasteiger charge is -2.31. The highest BCUT2D eigenvalue weighted by Gasteiger charge is 2.74. The Morgan fingerprint density at radius 2 is 1.55 bits per heavy atom. The zero-order chi connectivity index (χ0) is 23.9. The molecular formula is C16H6Cl2F8N2O3. The first-order valence-electron chi connectivity index (χ1n) is 7.58. The lowest BCUT2D eigenvalue weighted by atomic mass is 9.93. The average Bonchev–Trinajstić information content (AvgIpc) is 2.65. The summed E-state index contributed by atoms with van der Waals surface area (Å²) < 4.78 is 106. The van der Waals surface area contributed by atoms with Crippen molar-refractivity contribution in [2.45, 2.75) is 18.0 Å². The van der Waals surface area contributed by atoms with Crippen molar-refractivity contribution in [1.82, 2.24) is 0 Å². The summed E-state index contributed by atoms with van der Waals surface area (Å²) in [5.41, 5.74) is -10.6. The molecule has 5 nitrogen and oxygen atoms in total. The minimum absolute atomic E-state index is 0.313. The zero-order valence-corrected chi connectivity index (χ0v) is 15.9. The summed E-state index contributed by atoms with van der Waals surface area (Å²) in [5, 5.41) is 9.85. The van der Waals surface area contributed by atoms with Gasteiger partial charge in [-0.25, -0.2) is 8.78 Å². The van der Waals surface area contributed by atoms with Crippen molar-refractivity contribution in [2.24, 2.45) is 0 Å². The molecule has 0 bridgehead atoms. The van der Waals surface area contributed by atoms with Gasteiger partial charge in [0.05, 0.1) is 15.6 Å². The zero-order valence-electron chi connectivity index (χ0n) is 14.3. The smallest absolute Gasteiger partial charge is 0.319 e. The Morgan fingerprint density at radius 3 is 2.03 bits per heavy atom. The fraction of sp³-hybridized carbons (Fsp3) is 0.188. The molecule has 0 aliphatic rings. The number of hydrogen-bond donors (Lipinski definition) is 1. The van der Waals surface area contributed by atoms with Crippen LogP contribution in [0.1, 0.15) is 15.9 Å². The van der Waals surface area contributed by atoms with Crippen molar-refractivity contribution < 1.29 is 44.8 Å². The largest absolute Gasteiger partial charge is 0.436 e. The van der Waals surface area contributed by atoms with Gasteiger partial charge in [0.25, 0.3) is 11.6 Å². The molecule has 1 N–H and O–H groups in total. The molecule has 0 atom stereocenters. The van der Waals surface area contributed by atoms with Gasteiger partial charge in [-0.2, -0.15) is 26.3 Å². The SMILES string of the molecule is O=C(Nc1c(Cl)cc(C(F)(C(F)(F)F)C(F)(F)F)c(F)c1Cl)c1cccc([N+](=O)[O-])c1. The summed E-state index contributed by atoms with van der Waals surface area (Å²) in [6.45, 7) is 0. The molecule has 0 saturated heterocycles. The lowest BCUT2D eigenvalue weighted by molar-refractivity contribution is -0.384. The van der Waals surface area contributed by atoms with Crippen molar-refractivity contribution in [3.8, 4) is 0 Å². The summed E-state index contributed by atoms with van der Waals surface area (Å²) >= 11 is 11.0. The summed E-state index contributed by atoms with van der Waals surface area (Å²) in [5.74, 6) is -3.70. The number of carbonyl (C=O) groups excluding carboxylic acids is 1. The predicted molar refractivity (Wildman–Crippen MR) is 92.4 cm³/mol. The summed E-state index contributed by atoms with van der Waals surface area (Å²) in [4.78, 5) is 22.1. The van der Waals surface area contributed by atoms with E-state index in [0.717, 1.165) is 24.3 Å². The van der Waals surface area contributed by atoms with E-state index in [1.807, 2.05) is 5.32 Å². The molecule has 0 aliphatic heterocycles. The van der Waals surface area contributed by atoms with Crippen molar-refractivity contribution >= 4 is 40.5 Å². The highest BCUT2D eigenvalue weighted by Crippen LogP contribution is 2.55. The number of anilines is 1. The van der Waals surface area contributed by atoms with Crippen molar-refractivity contribution in [2.75, 3.05) is 5.32 Å². The summed E-state index contributed by atoms with van der Waals surface area (Å²) in [6.07, 6.45) is -13.3. The van der Waals surface area contributed by atoms with Crippen LogP contribution in [0.15, 0.2) is 30.3 Å². The fourth-order valence-corrected chi connectivity index (χ4v) is 2.92. The molecule has 2 aromatic carbocycles. The van der Waals surface area contributed by atoms with Gasteiger partial charge in [0.1, 0.15) is 5.02 Å². The second-order valence-corrected chi connectivity index (χ2v) is 6.61. The molecule has 2 aromatic rings. The maximum absolute atomic E-state index is 14.3. The number of rotatable bonds is 4. The van der Waals surface area contributed by atoms with Crippen LogP contribution in [-0.4, -0.2) is 23.2 Å². The molecule has 0 spiro atoms. The number of nitro benzene ring substituents is 1. The first-order chi connectivity index (χ1) is 14.0.